The SMILES string of the molecule is C=C(CCCC#N)P(=O)(OC)OC. The van der Waals surface area contributed by atoms with Crippen LogP contribution in [0, 0.1) is 11.3 Å². The predicted octanol–water partition coefficient (Wildman–Crippen LogP) is 2.68. The van der Waals surface area contributed by atoms with Crippen molar-refractivity contribution < 1.29 is 13.6 Å². The zero-order valence-electron chi connectivity index (χ0n) is 7.95. The highest BCUT2D eigenvalue weighted by atomic mass is 31.2. The first-order valence-electron chi connectivity index (χ1n) is 3.87. The summed E-state index contributed by atoms with van der Waals surface area (Å²) in [7, 11) is -0.478. The Kier molecular flexibility index (Phi) is 5.65. The third kappa shape index (κ3) is 3.73. The van der Waals surface area contributed by atoms with Gasteiger partial charge in [0.2, 0.25) is 0 Å². The van der Waals surface area contributed by atoms with E-state index in [9.17, 15) is 4.57 Å². The highest BCUT2D eigenvalue weighted by Gasteiger charge is 2.24. The van der Waals surface area contributed by atoms with Crippen LogP contribution in [0.4, 0.5) is 0 Å². The molecule has 4 nitrogen and oxygen atoms in total. The minimum atomic E-state index is -3.12. The van der Waals surface area contributed by atoms with Crippen molar-refractivity contribution in [2.45, 2.75) is 19.3 Å². The molecule has 0 spiro atoms. The van der Waals surface area contributed by atoms with Crippen molar-refractivity contribution in [2.75, 3.05) is 14.2 Å². The monoisotopic (exact) mass is 203 g/mol. The molecule has 0 amide bonds. The van der Waals surface area contributed by atoms with Crippen molar-refractivity contribution in [1.82, 2.24) is 0 Å². The van der Waals surface area contributed by atoms with Gasteiger partial charge in [0.25, 0.3) is 0 Å². The number of rotatable bonds is 6. The number of nitrogens with zero attached hydrogens (tertiary/aromatic N) is 1. The van der Waals surface area contributed by atoms with E-state index in [1.165, 1.54) is 14.2 Å². The Balaban J connectivity index is 4.10. The molecule has 0 heterocycles. The van der Waals surface area contributed by atoms with E-state index in [0.29, 0.717) is 24.6 Å². The van der Waals surface area contributed by atoms with Crippen LogP contribution < -0.4 is 0 Å². The average molecular weight is 203 g/mol. The Labute approximate surface area is 78.7 Å². The molecule has 0 N–H and O–H groups in total. The van der Waals surface area contributed by atoms with Crippen LogP contribution in [-0.2, 0) is 13.6 Å². The first-order valence-corrected chi connectivity index (χ1v) is 5.41. The summed E-state index contributed by atoms with van der Waals surface area (Å²) in [4.78, 5) is 0. The minimum absolute atomic E-state index is 0.423. The summed E-state index contributed by atoms with van der Waals surface area (Å²) in [5, 5.41) is 8.71. The fourth-order valence-electron chi connectivity index (χ4n) is 0.841. The maximum atomic E-state index is 11.6. The number of hydrogen-bond donors (Lipinski definition) is 0. The molecule has 0 aliphatic rings. The molecule has 0 unspecified atom stereocenters. The van der Waals surface area contributed by atoms with Crippen LogP contribution in [-0.4, -0.2) is 14.2 Å². The third-order valence-electron chi connectivity index (χ3n) is 1.62. The lowest BCUT2D eigenvalue weighted by Gasteiger charge is -2.15. The lowest BCUT2D eigenvalue weighted by atomic mass is 10.2. The standard InChI is InChI=1S/C8H14NO3P/c1-8(6-4-5-7-9)13(10,11-2)12-3/h1,4-6H2,2-3H3. The van der Waals surface area contributed by atoms with E-state index in [4.69, 9.17) is 14.3 Å². The van der Waals surface area contributed by atoms with Gasteiger partial charge >= 0.3 is 7.60 Å². The smallest absolute Gasteiger partial charge is 0.309 e. The van der Waals surface area contributed by atoms with Crippen LogP contribution >= 0.6 is 7.60 Å². The largest absolute Gasteiger partial charge is 0.356 e. The van der Waals surface area contributed by atoms with E-state index >= 15 is 0 Å². The fraction of sp³-hybridized carbons (Fsp3) is 0.625. The van der Waals surface area contributed by atoms with Gasteiger partial charge in [-0.2, -0.15) is 5.26 Å². The van der Waals surface area contributed by atoms with Gasteiger partial charge in [0, 0.05) is 26.0 Å². The zero-order valence-corrected chi connectivity index (χ0v) is 8.84. The molecule has 0 saturated heterocycles. The Bertz CT molecular complexity index is 249. The summed E-state index contributed by atoms with van der Waals surface area (Å²) < 4.78 is 21.1. The van der Waals surface area contributed by atoms with Crippen LogP contribution in [0.25, 0.3) is 0 Å². The second-order valence-corrected chi connectivity index (χ2v) is 4.80. The zero-order chi connectivity index (χ0) is 10.3. The molecule has 0 aliphatic carbocycles. The molecular weight excluding hydrogens is 189 g/mol. The molecule has 0 radical (unpaired) electrons. The summed E-state index contributed by atoms with van der Waals surface area (Å²) in [6, 6.07) is 2.00. The van der Waals surface area contributed by atoms with Gasteiger partial charge in [0.15, 0.2) is 0 Å². The molecule has 0 rings (SSSR count). The van der Waals surface area contributed by atoms with Gasteiger partial charge in [-0.05, 0) is 12.8 Å². The van der Waals surface area contributed by atoms with Gasteiger partial charge in [-0.25, -0.2) is 0 Å². The molecular formula is C8H14NO3P. The van der Waals surface area contributed by atoms with Gasteiger partial charge < -0.3 is 9.05 Å². The molecule has 0 aromatic heterocycles. The van der Waals surface area contributed by atoms with Gasteiger partial charge in [0.05, 0.1) is 6.07 Å². The summed E-state index contributed by atoms with van der Waals surface area (Å²) >= 11 is 0. The Morgan fingerprint density at radius 2 is 2.08 bits per heavy atom. The fourth-order valence-corrected chi connectivity index (χ4v) is 1.94. The van der Waals surface area contributed by atoms with Crippen molar-refractivity contribution in [1.29, 1.82) is 5.26 Å². The molecule has 0 fully saturated rings. The number of allylic oxidation sites excluding steroid dienone is 1. The van der Waals surface area contributed by atoms with E-state index in [1.807, 2.05) is 6.07 Å². The second-order valence-electron chi connectivity index (χ2n) is 2.44. The van der Waals surface area contributed by atoms with E-state index in [0.717, 1.165) is 0 Å². The molecule has 0 atom stereocenters. The number of unbranched alkanes of at least 4 members (excludes halogenated alkanes) is 1. The second kappa shape index (κ2) is 5.93. The quantitative estimate of drug-likeness (QED) is 0.491. The van der Waals surface area contributed by atoms with E-state index in [-0.39, 0.29) is 0 Å². The maximum absolute atomic E-state index is 11.6. The highest BCUT2D eigenvalue weighted by Crippen LogP contribution is 2.55. The van der Waals surface area contributed by atoms with E-state index in [1.54, 1.807) is 0 Å². The Morgan fingerprint density at radius 1 is 1.54 bits per heavy atom. The van der Waals surface area contributed by atoms with Gasteiger partial charge in [-0.15, -0.1) is 0 Å². The molecule has 0 aromatic rings. The molecule has 0 aliphatic heterocycles. The van der Waals surface area contributed by atoms with Gasteiger partial charge in [-0.1, -0.05) is 6.58 Å². The van der Waals surface area contributed by atoms with E-state index < -0.39 is 7.60 Å². The summed E-state index contributed by atoms with van der Waals surface area (Å²) in [5.74, 6) is 0. The first-order chi connectivity index (χ1) is 6.10. The van der Waals surface area contributed by atoms with Crippen molar-refractivity contribution in [3.05, 3.63) is 11.9 Å². The normalized spacial score (nSPS) is 10.8. The summed E-state index contributed by atoms with van der Waals surface area (Å²) in [6.45, 7) is 3.62. The lowest BCUT2D eigenvalue weighted by Crippen LogP contribution is -1.92. The van der Waals surface area contributed by atoms with Crippen molar-refractivity contribution in [2.24, 2.45) is 0 Å². The van der Waals surface area contributed by atoms with Crippen molar-refractivity contribution >= 4 is 7.60 Å². The van der Waals surface area contributed by atoms with Gasteiger partial charge in [0.1, 0.15) is 0 Å². The third-order valence-corrected chi connectivity index (χ3v) is 3.58. The molecule has 0 bridgehead atoms. The van der Waals surface area contributed by atoms with Crippen LogP contribution in [0.1, 0.15) is 19.3 Å². The van der Waals surface area contributed by atoms with Crippen LogP contribution in [0.2, 0.25) is 0 Å². The predicted molar refractivity (Wildman–Crippen MR) is 50.2 cm³/mol. The van der Waals surface area contributed by atoms with Crippen molar-refractivity contribution in [3.8, 4) is 6.07 Å². The number of hydrogen-bond acceptors (Lipinski definition) is 4. The average Bonchev–Trinajstić information content (AvgIpc) is 2.17. The van der Waals surface area contributed by atoms with Crippen molar-refractivity contribution in [3.63, 3.8) is 0 Å². The minimum Gasteiger partial charge on any atom is -0.309 e. The molecule has 13 heavy (non-hydrogen) atoms. The first kappa shape index (κ1) is 12.4. The Hall–Kier alpha value is -0.620. The van der Waals surface area contributed by atoms with Crippen LogP contribution in [0.3, 0.4) is 0 Å². The number of nitriles is 1. The van der Waals surface area contributed by atoms with Crippen LogP contribution in [0.15, 0.2) is 11.9 Å². The molecule has 5 heteroatoms. The topological polar surface area (TPSA) is 59.3 Å². The van der Waals surface area contributed by atoms with Crippen LogP contribution in [0.5, 0.6) is 0 Å². The van der Waals surface area contributed by atoms with Gasteiger partial charge in [-0.3, -0.25) is 4.57 Å². The maximum Gasteiger partial charge on any atom is 0.356 e. The highest BCUT2D eigenvalue weighted by molar-refractivity contribution is 7.58. The van der Waals surface area contributed by atoms with E-state index in [2.05, 4.69) is 6.58 Å². The lowest BCUT2D eigenvalue weighted by molar-refractivity contribution is 0.282. The molecule has 0 aromatic carbocycles. The Morgan fingerprint density at radius 3 is 2.46 bits per heavy atom. The molecule has 0 saturated carbocycles. The summed E-state index contributed by atoms with van der Waals surface area (Å²) in [5.41, 5.74) is 0. The summed E-state index contributed by atoms with van der Waals surface area (Å²) in [6.07, 6.45) is 1.55. The molecule has 74 valence electrons.